The Labute approximate surface area is 149 Å². The summed E-state index contributed by atoms with van der Waals surface area (Å²) in [6.07, 6.45) is 4.24. The van der Waals surface area contributed by atoms with E-state index < -0.39 is 0 Å². The zero-order chi connectivity index (χ0) is 17.2. The van der Waals surface area contributed by atoms with Crippen LogP contribution >= 0.6 is 0 Å². The molecule has 4 rings (SSSR count). The molecule has 0 saturated carbocycles. The van der Waals surface area contributed by atoms with Crippen LogP contribution in [-0.4, -0.2) is 36.5 Å². The zero-order valence-corrected chi connectivity index (χ0v) is 14.7. The van der Waals surface area contributed by atoms with E-state index in [9.17, 15) is 4.79 Å². The molecule has 2 aliphatic rings. The number of para-hydroxylation sites is 1. The van der Waals surface area contributed by atoms with Crippen LogP contribution in [0.5, 0.6) is 0 Å². The smallest absolute Gasteiger partial charge is 0.244 e. The monoisotopic (exact) mass is 332 g/mol. The van der Waals surface area contributed by atoms with Crippen molar-refractivity contribution in [1.29, 1.82) is 0 Å². The van der Waals surface area contributed by atoms with Crippen LogP contribution < -0.4 is 4.90 Å². The first-order chi connectivity index (χ1) is 12.2. The average molecular weight is 332 g/mol. The van der Waals surface area contributed by atoms with Crippen molar-refractivity contribution in [1.82, 2.24) is 4.90 Å². The first-order valence-electron chi connectivity index (χ1n) is 9.12. The average Bonchev–Trinajstić information content (AvgIpc) is 3.12. The van der Waals surface area contributed by atoms with Crippen molar-refractivity contribution in [2.24, 2.45) is 0 Å². The number of anilines is 1. The van der Waals surface area contributed by atoms with Gasteiger partial charge in [0.2, 0.25) is 5.91 Å². The van der Waals surface area contributed by atoms with E-state index in [-0.39, 0.29) is 11.9 Å². The highest BCUT2D eigenvalue weighted by Crippen LogP contribution is 2.29. The summed E-state index contributed by atoms with van der Waals surface area (Å²) in [5.41, 5.74) is 5.07. The van der Waals surface area contributed by atoms with Crippen LogP contribution in [0.25, 0.3) is 5.57 Å². The molecule has 128 valence electrons. The van der Waals surface area contributed by atoms with Gasteiger partial charge in [-0.3, -0.25) is 9.69 Å². The normalized spacial score (nSPS) is 18.6. The van der Waals surface area contributed by atoms with Gasteiger partial charge >= 0.3 is 0 Å². The number of hydrogen-bond donors (Lipinski definition) is 0. The number of carbonyl (C=O) groups excluding carboxylic acids is 1. The molecule has 0 spiro atoms. The summed E-state index contributed by atoms with van der Waals surface area (Å²) in [6.45, 7) is 4.63. The zero-order valence-electron chi connectivity index (χ0n) is 14.7. The molecular formula is C22H24N2O. The second kappa shape index (κ2) is 6.85. The quantitative estimate of drug-likeness (QED) is 0.854. The van der Waals surface area contributed by atoms with Gasteiger partial charge in [0.1, 0.15) is 0 Å². The fraction of sp³-hybridized carbons (Fsp3) is 0.318. The summed E-state index contributed by atoms with van der Waals surface area (Å²) >= 11 is 0. The molecule has 0 radical (unpaired) electrons. The van der Waals surface area contributed by atoms with Crippen LogP contribution in [0, 0.1) is 0 Å². The Morgan fingerprint density at radius 1 is 0.960 bits per heavy atom. The van der Waals surface area contributed by atoms with Crippen molar-refractivity contribution in [3.63, 3.8) is 0 Å². The lowest BCUT2D eigenvalue weighted by molar-refractivity contribution is -0.123. The van der Waals surface area contributed by atoms with E-state index in [1.54, 1.807) is 0 Å². The molecule has 25 heavy (non-hydrogen) atoms. The van der Waals surface area contributed by atoms with Crippen LogP contribution in [0.1, 0.15) is 24.5 Å². The number of carbonyl (C=O) groups is 1. The van der Waals surface area contributed by atoms with E-state index in [4.69, 9.17) is 0 Å². The summed E-state index contributed by atoms with van der Waals surface area (Å²) < 4.78 is 0. The van der Waals surface area contributed by atoms with Gasteiger partial charge in [-0.05, 0) is 42.5 Å². The molecule has 1 atom stereocenters. The predicted molar refractivity (Wildman–Crippen MR) is 103 cm³/mol. The molecule has 2 aliphatic heterocycles. The van der Waals surface area contributed by atoms with Gasteiger partial charge in [-0.25, -0.2) is 0 Å². The molecule has 0 fully saturated rings. The minimum absolute atomic E-state index is 0.0836. The molecular weight excluding hydrogens is 308 g/mol. The number of amides is 1. The van der Waals surface area contributed by atoms with E-state index in [1.165, 1.54) is 16.7 Å². The molecule has 0 aromatic heterocycles. The minimum atomic E-state index is -0.0836. The molecule has 2 heterocycles. The summed E-state index contributed by atoms with van der Waals surface area (Å²) in [7, 11) is 0. The number of hydrogen-bond acceptors (Lipinski definition) is 2. The van der Waals surface area contributed by atoms with E-state index in [0.29, 0.717) is 0 Å². The van der Waals surface area contributed by atoms with Gasteiger partial charge in [0.15, 0.2) is 0 Å². The van der Waals surface area contributed by atoms with Gasteiger partial charge in [0, 0.05) is 25.3 Å². The van der Waals surface area contributed by atoms with E-state index in [2.05, 4.69) is 53.4 Å². The molecule has 0 N–H and O–H groups in total. The Balaban J connectivity index is 1.45. The van der Waals surface area contributed by atoms with Gasteiger partial charge in [-0.15, -0.1) is 0 Å². The highest BCUT2D eigenvalue weighted by Gasteiger charge is 2.31. The fourth-order valence-corrected chi connectivity index (χ4v) is 3.90. The second-order valence-corrected chi connectivity index (χ2v) is 6.88. The Morgan fingerprint density at radius 3 is 2.48 bits per heavy atom. The van der Waals surface area contributed by atoms with Crippen molar-refractivity contribution in [3.05, 3.63) is 71.8 Å². The molecule has 2 aromatic carbocycles. The Kier molecular flexibility index (Phi) is 4.41. The Hall–Kier alpha value is -2.39. The van der Waals surface area contributed by atoms with Crippen molar-refractivity contribution >= 4 is 17.2 Å². The topological polar surface area (TPSA) is 23.6 Å². The Bertz CT molecular complexity index is 797. The first-order valence-corrected chi connectivity index (χ1v) is 9.12. The summed E-state index contributed by atoms with van der Waals surface area (Å²) in [6, 6.07) is 18.7. The van der Waals surface area contributed by atoms with Crippen LogP contribution in [-0.2, 0) is 11.2 Å². The number of rotatable bonds is 3. The van der Waals surface area contributed by atoms with Crippen LogP contribution in [0.3, 0.4) is 0 Å². The van der Waals surface area contributed by atoms with E-state index in [0.717, 1.165) is 38.2 Å². The highest BCUT2D eigenvalue weighted by molar-refractivity contribution is 5.98. The van der Waals surface area contributed by atoms with Gasteiger partial charge in [0.05, 0.1) is 6.04 Å². The maximum Gasteiger partial charge on any atom is 0.244 e. The molecule has 0 aliphatic carbocycles. The summed E-state index contributed by atoms with van der Waals surface area (Å²) in [5, 5.41) is 0. The minimum Gasteiger partial charge on any atom is -0.310 e. The maximum absolute atomic E-state index is 13.0. The third-order valence-corrected chi connectivity index (χ3v) is 5.44. The first kappa shape index (κ1) is 16.1. The van der Waals surface area contributed by atoms with Gasteiger partial charge in [0.25, 0.3) is 0 Å². The standard InChI is InChI=1S/C22H24N2O/c1-17(22(25)24-16-13-20-9-5-6-10-21(20)24)23-14-11-19(12-15-23)18-7-3-2-4-8-18/h2-11,17H,12-16H2,1H3. The second-order valence-electron chi connectivity index (χ2n) is 6.88. The van der Waals surface area contributed by atoms with Gasteiger partial charge in [-0.2, -0.15) is 0 Å². The van der Waals surface area contributed by atoms with Crippen LogP contribution in [0.2, 0.25) is 0 Å². The molecule has 0 bridgehead atoms. The third-order valence-electron chi connectivity index (χ3n) is 5.44. The van der Waals surface area contributed by atoms with Crippen molar-refractivity contribution in [2.45, 2.75) is 25.8 Å². The lowest BCUT2D eigenvalue weighted by atomic mass is 9.99. The Morgan fingerprint density at radius 2 is 1.72 bits per heavy atom. The third kappa shape index (κ3) is 3.12. The molecule has 3 heteroatoms. The molecule has 0 saturated heterocycles. The van der Waals surface area contributed by atoms with Gasteiger partial charge < -0.3 is 4.90 Å². The fourth-order valence-electron chi connectivity index (χ4n) is 3.90. The van der Waals surface area contributed by atoms with Crippen LogP contribution in [0.15, 0.2) is 60.7 Å². The largest absolute Gasteiger partial charge is 0.310 e. The maximum atomic E-state index is 13.0. The van der Waals surface area contributed by atoms with Crippen molar-refractivity contribution < 1.29 is 4.79 Å². The van der Waals surface area contributed by atoms with Crippen molar-refractivity contribution in [3.8, 4) is 0 Å². The molecule has 1 amide bonds. The van der Waals surface area contributed by atoms with Crippen LogP contribution in [0.4, 0.5) is 5.69 Å². The molecule has 3 nitrogen and oxygen atoms in total. The lowest BCUT2D eigenvalue weighted by Crippen LogP contribution is -2.48. The SMILES string of the molecule is CC(C(=O)N1CCc2ccccc21)N1CC=C(c2ccccc2)CC1. The van der Waals surface area contributed by atoms with Crippen molar-refractivity contribution in [2.75, 3.05) is 24.5 Å². The van der Waals surface area contributed by atoms with Gasteiger partial charge in [-0.1, -0.05) is 54.6 Å². The highest BCUT2D eigenvalue weighted by atomic mass is 16.2. The van der Waals surface area contributed by atoms with E-state index in [1.807, 2.05) is 24.0 Å². The lowest BCUT2D eigenvalue weighted by Gasteiger charge is -2.33. The molecule has 1 unspecified atom stereocenters. The number of nitrogens with zero attached hydrogens (tertiary/aromatic N) is 2. The number of benzene rings is 2. The summed E-state index contributed by atoms with van der Waals surface area (Å²) in [4.78, 5) is 17.3. The predicted octanol–water partition coefficient (Wildman–Crippen LogP) is 3.75. The number of fused-ring (bicyclic) bond motifs is 1. The van der Waals surface area contributed by atoms with E-state index >= 15 is 0 Å². The summed E-state index contributed by atoms with van der Waals surface area (Å²) in [5.74, 6) is 0.224. The molecule has 2 aromatic rings.